The summed E-state index contributed by atoms with van der Waals surface area (Å²) in [7, 11) is 0. The van der Waals surface area contributed by atoms with Crippen molar-refractivity contribution >= 4 is 52.5 Å². The summed E-state index contributed by atoms with van der Waals surface area (Å²) < 4.78 is 11.0. The summed E-state index contributed by atoms with van der Waals surface area (Å²) in [5, 5.41) is 14.8. The van der Waals surface area contributed by atoms with Crippen LogP contribution in [-0.4, -0.2) is 72.4 Å². The summed E-state index contributed by atoms with van der Waals surface area (Å²) in [5.74, 6) is 0.375. The van der Waals surface area contributed by atoms with Gasteiger partial charge in [0.25, 0.3) is 5.91 Å². The van der Waals surface area contributed by atoms with Gasteiger partial charge in [-0.15, -0.1) is 0 Å². The van der Waals surface area contributed by atoms with Gasteiger partial charge in [-0.2, -0.15) is 10.2 Å². The number of furan rings is 1. The number of nitrogens with one attached hydrogen (secondary N) is 4. The average Bonchev–Trinajstić information content (AvgIpc) is 3.21. The number of amides is 1. The molecule has 29 heavy (non-hydrogen) atoms. The SMILES string of the molecule is CCNC(=S)N/N=C/C(=N\NC(=S)NCC)c1ccc(C(=O)N2CCOCC2)o1. The topological polar surface area (TPSA) is 116 Å². The second-order valence-corrected chi connectivity index (χ2v) is 6.58. The Labute approximate surface area is 180 Å². The predicted molar refractivity (Wildman–Crippen MR) is 119 cm³/mol. The van der Waals surface area contributed by atoms with Crippen molar-refractivity contribution in [3.63, 3.8) is 0 Å². The zero-order chi connectivity index (χ0) is 21.1. The van der Waals surface area contributed by atoms with E-state index in [9.17, 15) is 4.79 Å². The Morgan fingerprint density at radius 1 is 1.10 bits per heavy atom. The Bertz CT molecular complexity index is 773. The van der Waals surface area contributed by atoms with Gasteiger partial charge in [0.15, 0.2) is 21.7 Å². The molecule has 0 unspecified atom stereocenters. The zero-order valence-corrected chi connectivity index (χ0v) is 18.0. The quantitative estimate of drug-likeness (QED) is 0.272. The molecule has 1 amide bonds. The summed E-state index contributed by atoms with van der Waals surface area (Å²) in [6, 6.07) is 3.26. The van der Waals surface area contributed by atoms with Crippen LogP contribution < -0.4 is 21.5 Å². The highest BCUT2D eigenvalue weighted by Crippen LogP contribution is 2.12. The third-order valence-electron chi connectivity index (χ3n) is 3.67. The van der Waals surface area contributed by atoms with E-state index in [1.807, 2.05) is 13.8 Å². The number of carbonyl (C=O) groups excluding carboxylic acids is 1. The molecule has 0 bridgehead atoms. The number of ether oxygens (including phenoxy) is 1. The van der Waals surface area contributed by atoms with E-state index in [1.54, 1.807) is 17.0 Å². The van der Waals surface area contributed by atoms with Crippen molar-refractivity contribution in [1.82, 2.24) is 26.4 Å². The van der Waals surface area contributed by atoms with E-state index in [0.29, 0.717) is 61.1 Å². The van der Waals surface area contributed by atoms with E-state index in [-0.39, 0.29) is 11.7 Å². The summed E-state index contributed by atoms with van der Waals surface area (Å²) in [6.45, 7) is 7.26. The number of hydrogen-bond acceptors (Lipinski definition) is 7. The fourth-order valence-corrected chi connectivity index (χ4v) is 2.71. The molecular weight excluding hydrogens is 414 g/mol. The van der Waals surface area contributed by atoms with Gasteiger partial charge in [-0.1, -0.05) is 0 Å². The maximum Gasteiger partial charge on any atom is 0.289 e. The average molecular weight is 440 g/mol. The first-order chi connectivity index (χ1) is 14.0. The molecule has 0 aromatic carbocycles. The van der Waals surface area contributed by atoms with Gasteiger partial charge in [-0.25, -0.2) is 0 Å². The molecule has 0 saturated carbocycles. The molecule has 1 aromatic heterocycles. The van der Waals surface area contributed by atoms with Crippen molar-refractivity contribution in [3.05, 3.63) is 23.7 Å². The number of hydrogen-bond donors (Lipinski definition) is 4. The van der Waals surface area contributed by atoms with Gasteiger partial charge in [-0.3, -0.25) is 15.6 Å². The molecule has 12 heteroatoms. The van der Waals surface area contributed by atoms with Crippen LogP contribution in [0.5, 0.6) is 0 Å². The molecule has 10 nitrogen and oxygen atoms in total. The first kappa shape index (κ1) is 22.7. The van der Waals surface area contributed by atoms with E-state index in [0.717, 1.165) is 0 Å². The van der Waals surface area contributed by atoms with Crippen molar-refractivity contribution in [1.29, 1.82) is 0 Å². The van der Waals surface area contributed by atoms with Crippen LogP contribution in [0.15, 0.2) is 26.8 Å². The molecule has 2 rings (SSSR count). The maximum atomic E-state index is 12.6. The monoisotopic (exact) mass is 439 g/mol. The van der Waals surface area contributed by atoms with Crippen molar-refractivity contribution in [2.45, 2.75) is 13.8 Å². The van der Waals surface area contributed by atoms with Crippen LogP contribution in [-0.2, 0) is 4.74 Å². The lowest BCUT2D eigenvalue weighted by molar-refractivity contribution is 0.0282. The van der Waals surface area contributed by atoms with Crippen LogP contribution in [0.3, 0.4) is 0 Å². The van der Waals surface area contributed by atoms with Gasteiger partial charge in [0.1, 0.15) is 5.71 Å². The van der Waals surface area contributed by atoms with Gasteiger partial charge < -0.3 is 24.7 Å². The fourth-order valence-electron chi connectivity index (χ4n) is 2.32. The first-order valence-corrected chi connectivity index (χ1v) is 10.0. The van der Waals surface area contributed by atoms with Crippen LogP contribution in [0.4, 0.5) is 0 Å². The van der Waals surface area contributed by atoms with Gasteiger partial charge in [0.05, 0.1) is 19.4 Å². The first-order valence-electron chi connectivity index (χ1n) is 9.20. The van der Waals surface area contributed by atoms with E-state index in [4.69, 9.17) is 33.6 Å². The second-order valence-electron chi connectivity index (χ2n) is 5.77. The molecule has 4 N–H and O–H groups in total. The minimum absolute atomic E-state index is 0.196. The zero-order valence-electron chi connectivity index (χ0n) is 16.4. The predicted octanol–water partition coefficient (Wildman–Crippen LogP) is 0.410. The molecule has 0 atom stereocenters. The van der Waals surface area contributed by atoms with Crippen LogP contribution in [0.2, 0.25) is 0 Å². The van der Waals surface area contributed by atoms with E-state index in [2.05, 4.69) is 31.7 Å². The summed E-state index contributed by atoms with van der Waals surface area (Å²) in [6.07, 6.45) is 1.42. The Morgan fingerprint density at radius 3 is 2.38 bits per heavy atom. The number of carbonyl (C=O) groups is 1. The lowest BCUT2D eigenvalue weighted by Crippen LogP contribution is -2.40. The van der Waals surface area contributed by atoms with Crippen molar-refractivity contribution < 1.29 is 13.9 Å². The van der Waals surface area contributed by atoms with Gasteiger partial charge >= 0.3 is 0 Å². The molecule has 1 aliphatic heterocycles. The van der Waals surface area contributed by atoms with Crippen LogP contribution in [0.25, 0.3) is 0 Å². The molecule has 1 saturated heterocycles. The molecule has 0 radical (unpaired) electrons. The van der Waals surface area contributed by atoms with Crippen molar-refractivity contribution in [2.75, 3.05) is 39.4 Å². The van der Waals surface area contributed by atoms with Crippen LogP contribution >= 0.6 is 24.4 Å². The van der Waals surface area contributed by atoms with E-state index < -0.39 is 0 Å². The van der Waals surface area contributed by atoms with Crippen molar-refractivity contribution in [2.24, 2.45) is 10.2 Å². The van der Waals surface area contributed by atoms with E-state index >= 15 is 0 Å². The summed E-state index contributed by atoms with van der Waals surface area (Å²) in [5.41, 5.74) is 5.73. The molecule has 2 heterocycles. The third-order valence-corrected chi connectivity index (χ3v) is 4.14. The Hall–Kier alpha value is -2.57. The molecule has 1 aromatic rings. The van der Waals surface area contributed by atoms with E-state index in [1.165, 1.54) is 6.21 Å². The fraction of sp³-hybridized carbons (Fsp3) is 0.471. The molecule has 0 spiro atoms. The lowest BCUT2D eigenvalue weighted by atomic mass is 10.3. The van der Waals surface area contributed by atoms with Gasteiger partial charge in [0, 0.05) is 26.2 Å². The van der Waals surface area contributed by atoms with Crippen molar-refractivity contribution in [3.8, 4) is 0 Å². The number of morpholine rings is 1. The molecule has 1 fully saturated rings. The molecule has 158 valence electrons. The number of hydrazone groups is 2. The normalized spacial score (nSPS) is 14.6. The Morgan fingerprint density at radius 2 is 1.72 bits per heavy atom. The highest BCUT2D eigenvalue weighted by atomic mass is 32.1. The minimum Gasteiger partial charge on any atom is -0.449 e. The van der Waals surface area contributed by atoms with Crippen LogP contribution in [0.1, 0.15) is 30.2 Å². The minimum atomic E-state index is -0.196. The maximum absolute atomic E-state index is 12.6. The van der Waals surface area contributed by atoms with Crippen LogP contribution in [0, 0.1) is 0 Å². The number of thiocarbonyl (C=S) groups is 2. The number of nitrogens with zero attached hydrogens (tertiary/aromatic N) is 3. The molecule has 1 aliphatic rings. The third kappa shape index (κ3) is 7.40. The smallest absolute Gasteiger partial charge is 0.289 e. The molecule has 0 aliphatic carbocycles. The summed E-state index contributed by atoms with van der Waals surface area (Å²) >= 11 is 10.2. The number of rotatable bonds is 7. The molecular formula is C17H25N7O3S2. The van der Waals surface area contributed by atoms with Gasteiger partial charge in [0.2, 0.25) is 0 Å². The second kappa shape index (κ2) is 12.1. The standard InChI is InChI=1S/C17H25N7O3S2/c1-3-18-16(28)22-20-11-12(21-23-17(29)19-4-2)13-5-6-14(27-13)15(25)24-7-9-26-10-8-24/h5-6,11H,3-4,7-10H2,1-2H3,(H2,18,22,28)(H2,19,23,29)/b20-11+,21-12+. The lowest BCUT2D eigenvalue weighted by Gasteiger charge is -2.25. The Kier molecular flexibility index (Phi) is 9.47. The Balaban J connectivity index is 2.14. The summed E-state index contributed by atoms with van der Waals surface area (Å²) in [4.78, 5) is 14.3. The highest BCUT2D eigenvalue weighted by Gasteiger charge is 2.22. The van der Waals surface area contributed by atoms with Gasteiger partial charge in [-0.05, 0) is 50.4 Å². The largest absolute Gasteiger partial charge is 0.449 e. The highest BCUT2D eigenvalue weighted by molar-refractivity contribution is 7.80.